The van der Waals surface area contributed by atoms with Gasteiger partial charge in [-0.2, -0.15) is 0 Å². The van der Waals surface area contributed by atoms with E-state index < -0.39 is 12.1 Å². The summed E-state index contributed by atoms with van der Waals surface area (Å²) in [6.07, 6.45) is -1.13. The van der Waals surface area contributed by atoms with Crippen LogP contribution >= 0.6 is 27.5 Å². The third kappa shape index (κ3) is 5.08. The molecule has 1 atom stereocenters. The van der Waals surface area contributed by atoms with Gasteiger partial charge in [0, 0.05) is 31.6 Å². The molecule has 5 rings (SSSR count). The van der Waals surface area contributed by atoms with Gasteiger partial charge in [-0.1, -0.05) is 88.2 Å². The fraction of sp³-hybridized carbons (Fsp3) is 0.0333. The van der Waals surface area contributed by atoms with Crippen molar-refractivity contribution < 1.29 is 14.3 Å². The van der Waals surface area contributed by atoms with Crippen molar-refractivity contribution in [1.29, 1.82) is 0 Å². The third-order valence-electron chi connectivity index (χ3n) is 5.75. The van der Waals surface area contributed by atoms with Gasteiger partial charge in [0.05, 0.1) is 16.8 Å². The number of nitrogens with zero attached hydrogens (tertiary/aromatic N) is 1. The van der Waals surface area contributed by atoms with E-state index in [0.717, 1.165) is 10.0 Å². The van der Waals surface area contributed by atoms with Gasteiger partial charge in [0.2, 0.25) is 5.78 Å². The molecule has 0 aliphatic heterocycles. The number of esters is 1. The maximum atomic E-state index is 13.7. The Kier molecular flexibility index (Phi) is 6.94. The Labute approximate surface area is 221 Å². The highest BCUT2D eigenvalue weighted by Gasteiger charge is 2.28. The molecule has 0 saturated carbocycles. The number of pyridine rings is 1. The summed E-state index contributed by atoms with van der Waals surface area (Å²) in [4.78, 5) is 31.9. The maximum Gasteiger partial charge on any atom is 0.339 e. The Morgan fingerprint density at radius 2 is 1.47 bits per heavy atom. The number of hydrogen-bond acceptors (Lipinski definition) is 4. The summed E-state index contributed by atoms with van der Waals surface area (Å²) in [6, 6.07) is 32.4. The van der Waals surface area contributed by atoms with E-state index in [1.807, 2.05) is 54.6 Å². The van der Waals surface area contributed by atoms with Crippen LogP contribution < -0.4 is 0 Å². The molecule has 0 radical (unpaired) electrons. The molecule has 176 valence electrons. The summed E-state index contributed by atoms with van der Waals surface area (Å²) in [5, 5.41) is 1.14. The van der Waals surface area contributed by atoms with Crippen LogP contribution in [0.2, 0.25) is 5.02 Å². The quantitative estimate of drug-likeness (QED) is 0.157. The highest BCUT2D eigenvalue weighted by Crippen LogP contribution is 2.30. The summed E-state index contributed by atoms with van der Waals surface area (Å²) in [7, 11) is 0. The lowest BCUT2D eigenvalue weighted by Crippen LogP contribution is -2.20. The lowest BCUT2D eigenvalue weighted by Gasteiger charge is -2.18. The molecule has 0 unspecified atom stereocenters. The second kappa shape index (κ2) is 10.4. The van der Waals surface area contributed by atoms with Crippen molar-refractivity contribution in [3.63, 3.8) is 0 Å². The molecule has 5 aromatic rings. The molecule has 0 aliphatic carbocycles. The van der Waals surface area contributed by atoms with Crippen LogP contribution in [0.4, 0.5) is 0 Å². The average molecular weight is 557 g/mol. The average Bonchev–Trinajstić information content (AvgIpc) is 2.92. The molecular weight excluding hydrogens is 538 g/mol. The molecule has 0 amide bonds. The minimum absolute atomic E-state index is 0.324. The van der Waals surface area contributed by atoms with E-state index in [2.05, 4.69) is 15.9 Å². The number of ether oxygens (including phenoxy) is 1. The highest BCUT2D eigenvalue weighted by molar-refractivity contribution is 9.10. The lowest BCUT2D eigenvalue weighted by atomic mass is 9.99. The molecule has 36 heavy (non-hydrogen) atoms. The van der Waals surface area contributed by atoms with E-state index in [9.17, 15) is 9.59 Å². The number of carbonyl (C=O) groups is 2. The third-order valence-corrected chi connectivity index (χ3v) is 6.50. The summed E-state index contributed by atoms with van der Waals surface area (Å²) in [5.41, 5.74) is 3.45. The normalized spacial score (nSPS) is 11.7. The monoisotopic (exact) mass is 555 g/mol. The second-order valence-corrected chi connectivity index (χ2v) is 9.50. The van der Waals surface area contributed by atoms with Crippen LogP contribution in [-0.2, 0) is 4.74 Å². The first-order valence-corrected chi connectivity index (χ1v) is 12.4. The van der Waals surface area contributed by atoms with Gasteiger partial charge >= 0.3 is 5.97 Å². The molecule has 6 heteroatoms. The molecule has 0 aliphatic rings. The predicted octanol–water partition coefficient (Wildman–Crippen LogP) is 8.10. The number of carbonyl (C=O) groups excluding carboxylic acids is 2. The van der Waals surface area contributed by atoms with Crippen LogP contribution in [0.25, 0.3) is 22.2 Å². The highest BCUT2D eigenvalue weighted by atomic mass is 79.9. The molecular formula is C30H19BrClNO3. The standard InChI is InChI=1S/C30H19BrClNO3/c31-22-13-16-26-24(17-22)25(18-27(33-26)19-7-3-1-4-8-19)30(35)36-29(21-9-5-2-6-10-21)28(34)20-11-14-23(32)15-12-20/h1-18,29H/t29-/m1/s1. The SMILES string of the molecule is O=C(O[C@@H](C(=O)c1ccc(Cl)cc1)c1ccccc1)c1cc(-c2ccccc2)nc2ccc(Br)cc12. The van der Waals surface area contributed by atoms with Gasteiger partial charge in [-0.15, -0.1) is 0 Å². The number of rotatable bonds is 6. The van der Waals surface area contributed by atoms with Gasteiger partial charge in [0.1, 0.15) is 0 Å². The zero-order valence-electron chi connectivity index (χ0n) is 18.9. The number of ketones is 1. The Balaban J connectivity index is 1.59. The van der Waals surface area contributed by atoms with E-state index in [0.29, 0.717) is 38.3 Å². The fourth-order valence-electron chi connectivity index (χ4n) is 3.96. The Hall–Kier alpha value is -3.80. The van der Waals surface area contributed by atoms with Crippen molar-refractivity contribution in [2.75, 3.05) is 0 Å². The van der Waals surface area contributed by atoms with Crippen LogP contribution in [0.15, 0.2) is 114 Å². The van der Waals surface area contributed by atoms with Crippen LogP contribution in [0.1, 0.15) is 32.4 Å². The van der Waals surface area contributed by atoms with Gasteiger partial charge in [-0.05, 0) is 48.5 Å². The van der Waals surface area contributed by atoms with Crippen molar-refractivity contribution in [1.82, 2.24) is 4.98 Å². The number of aromatic nitrogens is 1. The minimum Gasteiger partial charge on any atom is -0.445 e. The second-order valence-electron chi connectivity index (χ2n) is 8.15. The van der Waals surface area contributed by atoms with Gasteiger partial charge in [-0.25, -0.2) is 9.78 Å². The number of benzene rings is 4. The van der Waals surface area contributed by atoms with Gasteiger partial charge in [0.25, 0.3) is 0 Å². The van der Waals surface area contributed by atoms with Crippen molar-refractivity contribution >= 4 is 50.2 Å². The van der Waals surface area contributed by atoms with Crippen LogP contribution in [0.5, 0.6) is 0 Å². The molecule has 0 N–H and O–H groups in total. The van der Waals surface area contributed by atoms with Crippen molar-refractivity contribution in [2.45, 2.75) is 6.10 Å². The van der Waals surface area contributed by atoms with Crippen molar-refractivity contribution in [3.8, 4) is 11.3 Å². The molecule has 0 saturated heterocycles. The molecule has 0 spiro atoms. The molecule has 4 nitrogen and oxygen atoms in total. The van der Waals surface area contributed by atoms with Gasteiger partial charge in [0.15, 0.2) is 6.10 Å². The lowest BCUT2D eigenvalue weighted by molar-refractivity contribution is 0.0282. The smallest absolute Gasteiger partial charge is 0.339 e. The summed E-state index contributed by atoms with van der Waals surface area (Å²) >= 11 is 9.49. The van der Waals surface area contributed by atoms with Crippen LogP contribution in [0, 0.1) is 0 Å². The van der Waals surface area contributed by atoms with Gasteiger partial charge in [-0.3, -0.25) is 4.79 Å². The van der Waals surface area contributed by atoms with E-state index in [1.54, 1.807) is 54.6 Å². The zero-order valence-corrected chi connectivity index (χ0v) is 21.2. The topological polar surface area (TPSA) is 56.3 Å². The van der Waals surface area contributed by atoms with Crippen molar-refractivity contribution in [2.24, 2.45) is 0 Å². The zero-order chi connectivity index (χ0) is 25.1. The van der Waals surface area contributed by atoms with E-state index >= 15 is 0 Å². The Morgan fingerprint density at radius 3 is 2.17 bits per heavy atom. The largest absolute Gasteiger partial charge is 0.445 e. The first-order valence-electron chi connectivity index (χ1n) is 11.2. The summed E-state index contributed by atoms with van der Waals surface area (Å²) in [6.45, 7) is 0. The molecule has 0 fully saturated rings. The van der Waals surface area contributed by atoms with E-state index in [-0.39, 0.29) is 5.78 Å². The minimum atomic E-state index is -1.13. The van der Waals surface area contributed by atoms with Crippen LogP contribution in [-0.4, -0.2) is 16.7 Å². The Morgan fingerprint density at radius 1 is 0.806 bits per heavy atom. The maximum absolute atomic E-state index is 13.7. The van der Waals surface area contributed by atoms with Crippen molar-refractivity contribution in [3.05, 3.63) is 135 Å². The fourth-order valence-corrected chi connectivity index (χ4v) is 4.45. The van der Waals surface area contributed by atoms with E-state index in [1.165, 1.54) is 0 Å². The number of hydrogen-bond donors (Lipinski definition) is 0. The first-order chi connectivity index (χ1) is 17.5. The van der Waals surface area contributed by atoms with Crippen LogP contribution in [0.3, 0.4) is 0 Å². The molecule has 0 bridgehead atoms. The number of halogens is 2. The summed E-state index contributed by atoms with van der Waals surface area (Å²) < 4.78 is 6.74. The molecule has 1 heterocycles. The number of fused-ring (bicyclic) bond motifs is 1. The molecule has 4 aromatic carbocycles. The van der Waals surface area contributed by atoms with E-state index in [4.69, 9.17) is 21.3 Å². The summed E-state index contributed by atoms with van der Waals surface area (Å²) in [5.74, 6) is -0.956. The number of Topliss-reactive ketones (excluding diaryl/α,β-unsaturated/α-hetero) is 1. The Bertz CT molecular complexity index is 1550. The molecule has 1 aromatic heterocycles. The van der Waals surface area contributed by atoms with Gasteiger partial charge < -0.3 is 4.74 Å². The predicted molar refractivity (Wildman–Crippen MR) is 145 cm³/mol. The first kappa shape index (κ1) is 23.9.